The summed E-state index contributed by atoms with van der Waals surface area (Å²) < 4.78 is 11.1. The number of nitrogens with one attached hydrogen (secondary N) is 1. The molecule has 0 spiro atoms. The van der Waals surface area contributed by atoms with Gasteiger partial charge in [-0.15, -0.1) is 10.2 Å². The standard InChI is InChI=1S/C24H21N3O3/c1-16-7-3-5-9-20(16)24-27-26-23(30-24)18-13-11-17(12-14-18)22(28)25-15-19-8-4-6-10-21(19)29-2/h3-14H,15H2,1-2H3,(H,25,28). The fourth-order valence-electron chi connectivity index (χ4n) is 3.15. The van der Waals surface area contributed by atoms with E-state index in [9.17, 15) is 4.79 Å². The lowest BCUT2D eigenvalue weighted by Gasteiger charge is -2.09. The van der Waals surface area contributed by atoms with Crippen molar-refractivity contribution in [3.63, 3.8) is 0 Å². The molecule has 0 aliphatic heterocycles. The number of hydrogen-bond acceptors (Lipinski definition) is 5. The summed E-state index contributed by atoms with van der Waals surface area (Å²) in [5.41, 5.74) is 4.19. The number of methoxy groups -OCH3 is 1. The van der Waals surface area contributed by atoms with E-state index in [2.05, 4.69) is 15.5 Å². The molecule has 150 valence electrons. The number of nitrogens with zero attached hydrogens (tertiary/aromatic N) is 2. The summed E-state index contributed by atoms with van der Waals surface area (Å²) in [6.07, 6.45) is 0. The maximum Gasteiger partial charge on any atom is 0.251 e. The van der Waals surface area contributed by atoms with Gasteiger partial charge in [0.25, 0.3) is 5.91 Å². The van der Waals surface area contributed by atoms with Gasteiger partial charge in [0, 0.05) is 28.8 Å². The van der Waals surface area contributed by atoms with E-state index in [0.29, 0.717) is 23.9 Å². The van der Waals surface area contributed by atoms with Crippen LogP contribution in [0.5, 0.6) is 5.75 Å². The predicted octanol–water partition coefficient (Wildman–Crippen LogP) is 4.65. The maximum atomic E-state index is 12.5. The van der Waals surface area contributed by atoms with Crippen LogP contribution in [-0.4, -0.2) is 23.2 Å². The molecule has 1 N–H and O–H groups in total. The summed E-state index contributed by atoms with van der Waals surface area (Å²) in [4.78, 5) is 12.5. The molecule has 0 aliphatic carbocycles. The average molecular weight is 399 g/mol. The molecule has 1 heterocycles. The number of aromatic nitrogens is 2. The first-order valence-electron chi connectivity index (χ1n) is 9.56. The second-order valence-corrected chi connectivity index (χ2v) is 6.80. The molecule has 6 nitrogen and oxygen atoms in total. The van der Waals surface area contributed by atoms with Gasteiger partial charge < -0.3 is 14.5 Å². The molecule has 1 aromatic heterocycles. The quantitative estimate of drug-likeness (QED) is 0.511. The molecular formula is C24H21N3O3. The van der Waals surface area contributed by atoms with Crippen molar-refractivity contribution in [3.8, 4) is 28.7 Å². The first kappa shape index (κ1) is 19.4. The normalized spacial score (nSPS) is 10.6. The van der Waals surface area contributed by atoms with Crippen molar-refractivity contribution in [3.05, 3.63) is 89.5 Å². The Morgan fingerprint density at radius 1 is 0.933 bits per heavy atom. The Labute approximate surface area is 174 Å². The second kappa shape index (κ2) is 8.61. The molecule has 0 unspecified atom stereocenters. The van der Waals surface area contributed by atoms with Crippen LogP contribution in [-0.2, 0) is 6.54 Å². The predicted molar refractivity (Wildman–Crippen MR) is 114 cm³/mol. The van der Waals surface area contributed by atoms with E-state index in [1.165, 1.54) is 0 Å². The molecule has 0 atom stereocenters. The Morgan fingerprint density at radius 3 is 2.40 bits per heavy atom. The zero-order valence-electron chi connectivity index (χ0n) is 16.8. The largest absolute Gasteiger partial charge is 0.496 e. The van der Waals surface area contributed by atoms with Gasteiger partial charge in [0.2, 0.25) is 11.8 Å². The van der Waals surface area contributed by atoms with Crippen LogP contribution in [0.1, 0.15) is 21.5 Å². The summed E-state index contributed by atoms with van der Waals surface area (Å²) in [6, 6.07) is 22.5. The first-order valence-corrected chi connectivity index (χ1v) is 9.56. The number of carbonyl (C=O) groups is 1. The Hall–Kier alpha value is -3.93. The van der Waals surface area contributed by atoms with E-state index in [1.807, 2.05) is 55.5 Å². The highest BCUT2D eigenvalue weighted by atomic mass is 16.5. The molecule has 0 fully saturated rings. The van der Waals surface area contributed by atoms with Crippen LogP contribution in [0.25, 0.3) is 22.9 Å². The number of rotatable bonds is 6. The smallest absolute Gasteiger partial charge is 0.251 e. The summed E-state index contributed by atoms with van der Waals surface area (Å²) in [7, 11) is 1.61. The van der Waals surface area contributed by atoms with Crippen LogP contribution in [0, 0.1) is 6.92 Å². The van der Waals surface area contributed by atoms with Crippen molar-refractivity contribution in [2.45, 2.75) is 13.5 Å². The van der Waals surface area contributed by atoms with Gasteiger partial charge in [-0.2, -0.15) is 0 Å². The number of hydrogen-bond donors (Lipinski definition) is 1. The number of carbonyl (C=O) groups excluding carboxylic acids is 1. The van der Waals surface area contributed by atoms with Gasteiger partial charge in [-0.3, -0.25) is 4.79 Å². The van der Waals surface area contributed by atoms with E-state index < -0.39 is 0 Å². The lowest BCUT2D eigenvalue weighted by Crippen LogP contribution is -2.22. The van der Waals surface area contributed by atoms with Crippen molar-refractivity contribution in [2.24, 2.45) is 0 Å². The minimum Gasteiger partial charge on any atom is -0.496 e. The lowest BCUT2D eigenvalue weighted by atomic mass is 10.1. The second-order valence-electron chi connectivity index (χ2n) is 6.80. The zero-order chi connectivity index (χ0) is 20.9. The summed E-state index contributed by atoms with van der Waals surface area (Å²) in [5, 5.41) is 11.2. The summed E-state index contributed by atoms with van der Waals surface area (Å²) >= 11 is 0. The molecule has 1 amide bonds. The van der Waals surface area contributed by atoms with Crippen LogP contribution in [0.15, 0.2) is 77.2 Å². The van der Waals surface area contributed by atoms with Gasteiger partial charge in [-0.1, -0.05) is 36.4 Å². The third-order valence-corrected chi connectivity index (χ3v) is 4.83. The number of amides is 1. The van der Waals surface area contributed by atoms with Gasteiger partial charge >= 0.3 is 0 Å². The molecule has 4 rings (SSSR count). The van der Waals surface area contributed by atoms with E-state index in [0.717, 1.165) is 28.0 Å². The highest BCUT2D eigenvalue weighted by molar-refractivity contribution is 5.94. The van der Waals surface area contributed by atoms with Crippen molar-refractivity contribution in [1.29, 1.82) is 0 Å². The van der Waals surface area contributed by atoms with Crippen LogP contribution in [0.4, 0.5) is 0 Å². The molecule has 0 radical (unpaired) electrons. The molecule has 4 aromatic rings. The van der Waals surface area contributed by atoms with Gasteiger partial charge in [0.1, 0.15) is 5.75 Å². The van der Waals surface area contributed by atoms with Crippen LogP contribution in [0.2, 0.25) is 0 Å². The molecule has 6 heteroatoms. The fraction of sp³-hybridized carbons (Fsp3) is 0.125. The number of ether oxygens (including phenoxy) is 1. The van der Waals surface area contributed by atoms with Gasteiger partial charge in [-0.05, 0) is 48.9 Å². The van der Waals surface area contributed by atoms with Crippen molar-refractivity contribution >= 4 is 5.91 Å². The zero-order valence-corrected chi connectivity index (χ0v) is 16.8. The Balaban J connectivity index is 1.45. The third-order valence-electron chi connectivity index (χ3n) is 4.83. The lowest BCUT2D eigenvalue weighted by molar-refractivity contribution is 0.0950. The van der Waals surface area contributed by atoms with Gasteiger partial charge in [0.15, 0.2) is 0 Å². The Morgan fingerprint density at radius 2 is 1.63 bits per heavy atom. The SMILES string of the molecule is COc1ccccc1CNC(=O)c1ccc(-c2nnc(-c3ccccc3C)o2)cc1. The Kier molecular flexibility index (Phi) is 5.57. The molecule has 0 aliphatic rings. The van der Waals surface area contributed by atoms with Crippen molar-refractivity contribution < 1.29 is 13.9 Å². The summed E-state index contributed by atoms with van der Waals surface area (Å²) in [5.74, 6) is 1.46. The maximum absolute atomic E-state index is 12.5. The number of aryl methyl sites for hydroxylation is 1. The monoisotopic (exact) mass is 399 g/mol. The molecule has 0 bridgehead atoms. The average Bonchev–Trinajstić information content (AvgIpc) is 3.28. The highest BCUT2D eigenvalue weighted by Crippen LogP contribution is 2.26. The van der Waals surface area contributed by atoms with E-state index in [-0.39, 0.29) is 5.91 Å². The summed E-state index contributed by atoms with van der Waals surface area (Å²) in [6.45, 7) is 2.38. The van der Waals surface area contributed by atoms with Gasteiger partial charge in [-0.25, -0.2) is 0 Å². The molecule has 30 heavy (non-hydrogen) atoms. The molecule has 0 saturated carbocycles. The number of para-hydroxylation sites is 1. The molecule has 3 aromatic carbocycles. The Bertz CT molecular complexity index is 1170. The third kappa shape index (κ3) is 4.07. The van der Waals surface area contributed by atoms with Crippen LogP contribution < -0.4 is 10.1 Å². The molecule has 0 saturated heterocycles. The topological polar surface area (TPSA) is 77.2 Å². The van der Waals surface area contributed by atoms with Crippen molar-refractivity contribution in [1.82, 2.24) is 15.5 Å². The minimum absolute atomic E-state index is 0.168. The van der Waals surface area contributed by atoms with Gasteiger partial charge in [0.05, 0.1) is 7.11 Å². The van der Waals surface area contributed by atoms with Crippen LogP contribution in [0.3, 0.4) is 0 Å². The van der Waals surface area contributed by atoms with Crippen molar-refractivity contribution in [2.75, 3.05) is 7.11 Å². The van der Waals surface area contributed by atoms with Crippen LogP contribution >= 0.6 is 0 Å². The van der Waals surface area contributed by atoms with E-state index >= 15 is 0 Å². The van der Waals surface area contributed by atoms with E-state index in [4.69, 9.17) is 9.15 Å². The fourth-order valence-corrected chi connectivity index (χ4v) is 3.15. The molecular weight excluding hydrogens is 378 g/mol. The number of benzene rings is 3. The van der Waals surface area contributed by atoms with E-state index in [1.54, 1.807) is 31.4 Å². The highest BCUT2D eigenvalue weighted by Gasteiger charge is 2.13. The minimum atomic E-state index is -0.168. The first-order chi connectivity index (χ1) is 14.7.